The molecule has 0 saturated heterocycles. The standard InChI is InChI=1S/C17H16BrClO2.C17H17ClO3.CBr4/c18-10-14-7-6-13-8-15(19)17(9-16(13)21-14)20-11-12-4-2-1-3-5-12;18-15-8-13-6-7-14(10-19)21-16(13)9-17(15)20-11-12-4-2-1-3-5-12;2-1(3,4)5/h1-5,8-9,14H,6-7,10-11H2;1-5,8-9,14,19H,6-7,10-11H2;. The minimum Gasteiger partial charge on any atom is -0.489 e. The molecule has 6 rings (SSSR count). The largest absolute Gasteiger partial charge is 0.489 e. The second kappa shape index (κ2) is 19.4. The van der Waals surface area contributed by atoms with Crippen molar-refractivity contribution in [1.29, 1.82) is 0 Å². The lowest BCUT2D eigenvalue weighted by molar-refractivity contribution is 0.0974. The Morgan fingerprint density at radius 1 is 0.681 bits per heavy atom. The van der Waals surface area contributed by atoms with Gasteiger partial charge in [0.2, 0.25) is 0 Å². The highest BCUT2D eigenvalue weighted by Crippen LogP contribution is 2.40. The van der Waals surface area contributed by atoms with Crippen molar-refractivity contribution in [3.8, 4) is 23.0 Å². The minimum atomic E-state index is -0.250. The van der Waals surface area contributed by atoms with E-state index in [1.54, 1.807) is 0 Å². The van der Waals surface area contributed by atoms with E-state index >= 15 is 0 Å². The second-order valence-electron chi connectivity index (χ2n) is 10.7. The number of hydrogen-bond donors (Lipinski definition) is 1. The molecule has 47 heavy (non-hydrogen) atoms. The van der Waals surface area contributed by atoms with E-state index in [1.807, 2.05) is 84.9 Å². The SMILES string of the molecule is BrC(Br)(Br)Br.Clc1cc2c(cc1OCc1ccccc1)OC(CBr)CC2.OCC1CCc2cc(Cl)c(OCc3ccccc3)cc2O1. The molecule has 2 unspecified atom stereocenters. The number of aliphatic hydroxyl groups excluding tert-OH is 1. The summed E-state index contributed by atoms with van der Waals surface area (Å²) < 4.78 is 23.1. The van der Waals surface area contributed by atoms with Gasteiger partial charge in [-0.25, -0.2) is 0 Å². The van der Waals surface area contributed by atoms with Crippen LogP contribution in [0.15, 0.2) is 84.9 Å². The fourth-order valence-corrected chi connectivity index (χ4v) is 5.74. The van der Waals surface area contributed by atoms with Crippen LogP contribution in [0.3, 0.4) is 0 Å². The highest BCUT2D eigenvalue weighted by Gasteiger charge is 2.22. The van der Waals surface area contributed by atoms with Gasteiger partial charge in [-0.05, 0) is 124 Å². The molecule has 0 amide bonds. The summed E-state index contributed by atoms with van der Waals surface area (Å²) in [6.07, 6.45) is 3.76. The maximum Gasteiger partial charge on any atom is 0.189 e. The maximum atomic E-state index is 9.21. The average Bonchev–Trinajstić information content (AvgIpc) is 3.06. The van der Waals surface area contributed by atoms with Crippen molar-refractivity contribution in [3.05, 3.63) is 117 Å². The van der Waals surface area contributed by atoms with E-state index in [2.05, 4.69) is 79.6 Å². The van der Waals surface area contributed by atoms with Gasteiger partial charge in [0.15, 0.2) is 1.05 Å². The zero-order chi connectivity index (χ0) is 33.8. The van der Waals surface area contributed by atoms with E-state index in [0.717, 1.165) is 64.8 Å². The quantitative estimate of drug-likeness (QED) is 0.178. The molecular weight excluding hydrogens is 971 g/mol. The first-order valence-corrected chi connectivity index (χ1v) is 19.8. The second-order valence-corrected chi connectivity index (χ2v) is 23.3. The van der Waals surface area contributed by atoms with Crippen molar-refractivity contribution < 1.29 is 24.1 Å². The number of aliphatic hydroxyl groups is 1. The number of benzene rings is 4. The normalized spacial score (nSPS) is 16.4. The van der Waals surface area contributed by atoms with Gasteiger partial charge in [-0.2, -0.15) is 0 Å². The van der Waals surface area contributed by atoms with Crippen LogP contribution in [0, 0.1) is 0 Å². The Labute approximate surface area is 328 Å². The highest BCUT2D eigenvalue weighted by atomic mass is 80.0. The van der Waals surface area contributed by atoms with Crippen molar-refractivity contribution >= 4 is 103 Å². The van der Waals surface area contributed by atoms with Gasteiger partial charge in [0.25, 0.3) is 0 Å². The molecule has 2 heterocycles. The molecule has 4 aromatic carbocycles. The Morgan fingerprint density at radius 2 is 1.09 bits per heavy atom. The molecule has 0 aromatic heterocycles. The van der Waals surface area contributed by atoms with Gasteiger partial charge in [-0.1, -0.05) is 99.8 Å². The Morgan fingerprint density at radius 3 is 1.49 bits per heavy atom. The molecular formula is C35H33Br5Cl2O5. The predicted octanol–water partition coefficient (Wildman–Crippen LogP) is 11.8. The first-order valence-electron chi connectivity index (χ1n) is 14.8. The van der Waals surface area contributed by atoms with Gasteiger partial charge in [0, 0.05) is 17.5 Å². The van der Waals surface area contributed by atoms with Crippen LogP contribution in [-0.4, -0.2) is 30.3 Å². The minimum absolute atomic E-state index is 0.0300. The first kappa shape index (κ1) is 38.8. The van der Waals surface area contributed by atoms with Crippen molar-refractivity contribution in [1.82, 2.24) is 0 Å². The molecule has 0 aliphatic carbocycles. The van der Waals surface area contributed by atoms with Gasteiger partial charge in [0.05, 0.1) is 16.7 Å². The Bertz CT molecular complexity index is 1440. The topological polar surface area (TPSA) is 57.2 Å². The monoisotopic (exact) mass is 998 g/mol. The van der Waals surface area contributed by atoms with Crippen molar-refractivity contribution in [3.63, 3.8) is 0 Å². The Hall–Kier alpha value is -0.980. The number of hydrogen-bond acceptors (Lipinski definition) is 5. The predicted molar refractivity (Wildman–Crippen MR) is 209 cm³/mol. The molecule has 1 N–H and O–H groups in total. The van der Waals surface area contributed by atoms with E-state index < -0.39 is 0 Å². The summed E-state index contributed by atoms with van der Waals surface area (Å²) in [5.74, 6) is 2.93. The molecule has 0 bridgehead atoms. The smallest absolute Gasteiger partial charge is 0.189 e. The zero-order valence-corrected chi connectivity index (χ0v) is 34.6. The number of alkyl halides is 5. The molecule has 0 fully saturated rings. The molecule has 2 aliphatic rings. The lowest BCUT2D eigenvalue weighted by Gasteiger charge is -2.25. The third-order valence-electron chi connectivity index (χ3n) is 7.14. The number of halogens is 7. The van der Waals surface area contributed by atoms with E-state index in [-0.39, 0.29) is 19.9 Å². The number of ether oxygens (including phenoxy) is 4. The van der Waals surface area contributed by atoms with Crippen LogP contribution in [0.4, 0.5) is 0 Å². The molecule has 2 atom stereocenters. The summed E-state index contributed by atoms with van der Waals surface area (Å²) in [6.45, 7) is 0.992. The Balaban J connectivity index is 0.000000186. The van der Waals surface area contributed by atoms with Crippen molar-refractivity contribution in [2.45, 2.75) is 52.2 Å². The third kappa shape index (κ3) is 13.3. The van der Waals surface area contributed by atoms with Crippen LogP contribution in [0.1, 0.15) is 35.1 Å². The highest BCUT2D eigenvalue weighted by molar-refractivity contribution is 9.52. The summed E-state index contributed by atoms with van der Waals surface area (Å²) in [6, 6.07) is 27.6. The molecule has 4 aromatic rings. The number of rotatable bonds is 8. The van der Waals surface area contributed by atoms with E-state index in [4.69, 9.17) is 42.1 Å². The zero-order valence-electron chi connectivity index (χ0n) is 25.1. The summed E-state index contributed by atoms with van der Waals surface area (Å²) in [5, 5.41) is 11.3. The van der Waals surface area contributed by atoms with Crippen LogP contribution >= 0.6 is 103 Å². The summed E-state index contributed by atoms with van der Waals surface area (Å²) in [7, 11) is 0. The van der Waals surface area contributed by atoms with Gasteiger partial charge in [-0.15, -0.1) is 0 Å². The van der Waals surface area contributed by atoms with Crippen LogP contribution < -0.4 is 18.9 Å². The first-order chi connectivity index (χ1) is 22.5. The maximum absolute atomic E-state index is 9.21. The summed E-state index contributed by atoms with van der Waals surface area (Å²) in [5.41, 5.74) is 4.42. The molecule has 0 radical (unpaired) electrons. The lowest BCUT2D eigenvalue weighted by Crippen LogP contribution is -2.26. The van der Waals surface area contributed by atoms with E-state index in [9.17, 15) is 5.11 Å². The van der Waals surface area contributed by atoms with Gasteiger partial charge in [0.1, 0.15) is 48.4 Å². The fourth-order valence-electron chi connectivity index (χ4n) is 4.80. The van der Waals surface area contributed by atoms with Crippen molar-refractivity contribution in [2.24, 2.45) is 0 Å². The molecule has 12 heteroatoms. The third-order valence-corrected chi connectivity index (χ3v) is 8.45. The summed E-state index contributed by atoms with van der Waals surface area (Å²) >= 11 is 28.6. The fraction of sp³-hybridized carbons (Fsp3) is 0.314. The van der Waals surface area contributed by atoms with Crippen LogP contribution in [0.5, 0.6) is 23.0 Å². The molecule has 2 aliphatic heterocycles. The van der Waals surface area contributed by atoms with Gasteiger partial charge < -0.3 is 24.1 Å². The summed E-state index contributed by atoms with van der Waals surface area (Å²) in [4.78, 5) is 0. The number of aryl methyl sites for hydroxylation is 2. The lowest BCUT2D eigenvalue weighted by atomic mass is 10.0. The van der Waals surface area contributed by atoms with E-state index in [0.29, 0.717) is 34.8 Å². The Kier molecular flexibility index (Phi) is 16.0. The van der Waals surface area contributed by atoms with Gasteiger partial charge >= 0.3 is 0 Å². The number of fused-ring (bicyclic) bond motifs is 2. The molecule has 252 valence electrons. The van der Waals surface area contributed by atoms with Crippen LogP contribution in [0.2, 0.25) is 10.0 Å². The van der Waals surface area contributed by atoms with Gasteiger partial charge in [-0.3, -0.25) is 0 Å². The molecule has 0 spiro atoms. The van der Waals surface area contributed by atoms with Crippen LogP contribution in [-0.2, 0) is 26.1 Å². The van der Waals surface area contributed by atoms with E-state index in [1.165, 1.54) is 0 Å². The van der Waals surface area contributed by atoms with Crippen LogP contribution in [0.25, 0.3) is 0 Å². The average molecular weight is 1000 g/mol. The molecule has 0 saturated carbocycles. The van der Waals surface area contributed by atoms with Crippen molar-refractivity contribution in [2.75, 3.05) is 11.9 Å². The molecule has 5 nitrogen and oxygen atoms in total.